The molecule has 0 unspecified atom stereocenters. The van der Waals surface area contributed by atoms with Crippen LogP contribution in [-0.4, -0.2) is 27.5 Å². The Hall–Kier alpha value is -3.09. The molecule has 0 atom stereocenters. The number of aromatic nitrogens is 3. The van der Waals surface area contributed by atoms with Crippen molar-refractivity contribution in [2.45, 2.75) is 6.92 Å². The molecule has 0 saturated heterocycles. The second-order valence-electron chi connectivity index (χ2n) is 4.71. The van der Waals surface area contributed by atoms with E-state index in [9.17, 15) is 4.79 Å². The molecule has 0 aliphatic carbocycles. The van der Waals surface area contributed by atoms with Crippen molar-refractivity contribution in [3.05, 3.63) is 42.0 Å². The van der Waals surface area contributed by atoms with Crippen LogP contribution < -0.4 is 16.2 Å². The summed E-state index contributed by atoms with van der Waals surface area (Å²) in [6, 6.07) is 10.2. The monoisotopic (exact) mass is 297 g/mol. The Morgan fingerprint density at radius 1 is 1.18 bits per heavy atom. The zero-order valence-electron chi connectivity index (χ0n) is 12.0. The lowest BCUT2D eigenvalue weighted by Gasteiger charge is -2.04. The number of hydrogen-bond donors (Lipinski definition) is 2. The number of rotatable bonds is 4. The van der Waals surface area contributed by atoms with Crippen molar-refractivity contribution in [3.8, 4) is 11.4 Å². The van der Waals surface area contributed by atoms with Gasteiger partial charge in [-0.1, -0.05) is 0 Å². The van der Waals surface area contributed by atoms with E-state index in [0.29, 0.717) is 34.6 Å². The molecule has 0 bridgehead atoms. The molecule has 3 rings (SSSR count). The molecule has 0 aliphatic heterocycles. The van der Waals surface area contributed by atoms with E-state index in [1.165, 1.54) is 4.80 Å². The topological polar surface area (TPSA) is 109 Å². The first-order valence-corrected chi connectivity index (χ1v) is 6.78. The van der Waals surface area contributed by atoms with Gasteiger partial charge in [-0.3, -0.25) is 4.79 Å². The predicted octanol–water partition coefficient (Wildman–Crippen LogP) is 1.50. The lowest BCUT2D eigenvalue weighted by atomic mass is 10.2. The quantitative estimate of drug-likeness (QED) is 0.709. The summed E-state index contributed by atoms with van der Waals surface area (Å²) in [6.45, 7) is 2.42. The maximum atomic E-state index is 11.1. The lowest BCUT2D eigenvalue weighted by molar-refractivity contribution is 0.100. The molecule has 22 heavy (non-hydrogen) atoms. The van der Waals surface area contributed by atoms with Crippen LogP contribution in [0.5, 0.6) is 5.75 Å². The van der Waals surface area contributed by atoms with Crippen LogP contribution >= 0.6 is 0 Å². The summed E-state index contributed by atoms with van der Waals surface area (Å²) < 4.78 is 5.45. The molecule has 1 amide bonds. The first-order chi connectivity index (χ1) is 10.6. The zero-order chi connectivity index (χ0) is 15.7. The highest BCUT2D eigenvalue weighted by atomic mass is 16.5. The smallest absolute Gasteiger partial charge is 0.248 e. The van der Waals surface area contributed by atoms with Crippen molar-refractivity contribution in [2.75, 3.05) is 12.3 Å². The Morgan fingerprint density at radius 2 is 1.82 bits per heavy atom. The number of ether oxygens (including phenoxy) is 1. The van der Waals surface area contributed by atoms with Gasteiger partial charge < -0.3 is 16.2 Å². The zero-order valence-corrected chi connectivity index (χ0v) is 12.0. The number of primary amides is 1. The molecular formula is C15H15N5O2. The lowest BCUT2D eigenvalue weighted by Crippen LogP contribution is -2.10. The van der Waals surface area contributed by atoms with Gasteiger partial charge in [0.25, 0.3) is 0 Å². The van der Waals surface area contributed by atoms with Gasteiger partial charge in [-0.2, -0.15) is 4.80 Å². The van der Waals surface area contributed by atoms with E-state index in [0.717, 1.165) is 5.69 Å². The van der Waals surface area contributed by atoms with E-state index < -0.39 is 5.91 Å². The fourth-order valence-corrected chi connectivity index (χ4v) is 2.12. The van der Waals surface area contributed by atoms with Crippen LogP contribution in [0.3, 0.4) is 0 Å². The molecule has 0 radical (unpaired) electrons. The molecule has 0 saturated carbocycles. The Balaban J connectivity index is 2.02. The van der Waals surface area contributed by atoms with Crippen LogP contribution in [0.2, 0.25) is 0 Å². The van der Waals surface area contributed by atoms with Crippen molar-refractivity contribution in [1.29, 1.82) is 0 Å². The second-order valence-corrected chi connectivity index (χ2v) is 4.71. The number of carbonyl (C=O) groups is 1. The Labute approximate surface area is 126 Å². The fourth-order valence-electron chi connectivity index (χ4n) is 2.12. The van der Waals surface area contributed by atoms with Crippen molar-refractivity contribution in [2.24, 2.45) is 5.73 Å². The SMILES string of the molecule is CCOc1cc2nn(-c3ccc(C(N)=O)cc3)nc2cc1N. The van der Waals surface area contributed by atoms with Crippen LogP contribution in [-0.2, 0) is 0 Å². The van der Waals surface area contributed by atoms with Crippen LogP contribution in [0.4, 0.5) is 5.69 Å². The first kappa shape index (κ1) is 13.9. The van der Waals surface area contributed by atoms with Gasteiger partial charge >= 0.3 is 0 Å². The molecule has 7 heteroatoms. The highest BCUT2D eigenvalue weighted by Crippen LogP contribution is 2.26. The van der Waals surface area contributed by atoms with Gasteiger partial charge in [0.05, 0.1) is 18.0 Å². The van der Waals surface area contributed by atoms with Crippen LogP contribution in [0, 0.1) is 0 Å². The number of anilines is 1. The van der Waals surface area contributed by atoms with E-state index in [2.05, 4.69) is 10.2 Å². The molecule has 1 heterocycles. The van der Waals surface area contributed by atoms with Crippen molar-refractivity contribution < 1.29 is 9.53 Å². The summed E-state index contributed by atoms with van der Waals surface area (Å²) in [5.74, 6) is 0.116. The van der Waals surface area contributed by atoms with E-state index >= 15 is 0 Å². The Morgan fingerprint density at radius 3 is 2.41 bits per heavy atom. The van der Waals surface area contributed by atoms with E-state index in [1.807, 2.05) is 6.92 Å². The van der Waals surface area contributed by atoms with Crippen LogP contribution in [0.25, 0.3) is 16.7 Å². The molecule has 3 aromatic rings. The van der Waals surface area contributed by atoms with Crippen LogP contribution in [0.15, 0.2) is 36.4 Å². The third-order valence-electron chi connectivity index (χ3n) is 3.19. The van der Waals surface area contributed by atoms with Crippen molar-refractivity contribution in [3.63, 3.8) is 0 Å². The average molecular weight is 297 g/mol. The summed E-state index contributed by atoms with van der Waals surface area (Å²) in [4.78, 5) is 12.6. The number of nitrogens with zero attached hydrogens (tertiary/aromatic N) is 3. The van der Waals surface area contributed by atoms with Gasteiger partial charge in [-0.05, 0) is 37.3 Å². The minimum Gasteiger partial charge on any atom is -0.492 e. The standard InChI is InChI=1S/C15H15N5O2/c1-2-22-14-8-13-12(7-11(14)16)18-20(19-13)10-5-3-9(4-6-10)15(17)21/h3-8H,2,16H2,1H3,(H2,17,21). The molecule has 0 fully saturated rings. The van der Waals surface area contributed by atoms with Crippen LogP contribution in [0.1, 0.15) is 17.3 Å². The Kier molecular flexibility index (Phi) is 3.38. The average Bonchev–Trinajstić information content (AvgIpc) is 2.90. The van der Waals surface area contributed by atoms with Gasteiger partial charge in [-0.25, -0.2) is 0 Å². The minimum absolute atomic E-state index is 0.434. The molecular weight excluding hydrogens is 282 g/mol. The van der Waals surface area contributed by atoms with Gasteiger partial charge in [0.1, 0.15) is 16.8 Å². The maximum Gasteiger partial charge on any atom is 0.248 e. The summed E-state index contributed by atoms with van der Waals surface area (Å²) in [7, 11) is 0. The number of fused-ring (bicyclic) bond motifs is 1. The largest absolute Gasteiger partial charge is 0.492 e. The highest BCUT2D eigenvalue weighted by molar-refractivity contribution is 5.92. The molecule has 4 N–H and O–H groups in total. The van der Waals surface area contributed by atoms with E-state index in [-0.39, 0.29) is 0 Å². The van der Waals surface area contributed by atoms with Crippen molar-refractivity contribution >= 4 is 22.6 Å². The number of carbonyl (C=O) groups excluding carboxylic acids is 1. The second kappa shape index (κ2) is 5.36. The van der Waals surface area contributed by atoms with Gasteiger partial charge in [-0.15, -0.1) is 10.2 Å². The fraction of sp³-hybridized carbons (Fsp3) is 0.133. The molecule has 1 aromatic heterocycles. The number of benzene rings is 2. The maximum absolute atomic E-state index is 11.1. The summed E-state index contributed by atoms with van der Waals surface area (Å²) in [5.41, 5.74) is 14.2. The van der Waals surface area contributed by atoms with Gasteiger partial charge in [0.2, 0.25) is 5.91 Å². The van der Waals surface area contributed by atoms with Gasteiger partial charge in [0, 0.05) is 11.6 Å². The number of nitrogen functional groups attached to an aromatic ring is 1. The molecule has 112 valence electrons. The van der Waals surface area contributed by atoms with E-state index in [4.69, 9.17) is 16.2 Å². The highest BCUT2D eigenvalue weighted by Gasteiger charge is 2.10. The number of nitrogens with two attached hydrogens (primary N) is 2. The summed E-state index contributed by atoms with van der Waals surface area (Å²) in [6.07, 6.45) is 0. The molecule has 2 aromatic carbocycles. The third kappa shape index (κ3) is 2.44. The molecule has 0 aliphatic rings. The number of amides is 1. The van der Waals surface area contributed by atoms with E-state index in [1.54, 1.807) is 36.4 Å². The Bertz CT molecular complexity index is 839. The van der Waals surface area contributed by atoms with Gasteiger partial charge in [0.15, 0.2) is 0 Å². The molecule has 0 spiro atoms. The molecule has 7 nitrogen and oxygen atoms in total. The summed E-state index contributed by atoms with van der Waals surface area (Å²) >= 11 is 0. The normalized spacial score (nSPS) is 10.8. The summed E-state index contributed by atoms with van der Waals surface area (Å²) in [5, 5.41) is 8.77. The van der Waals surface area contributed by atoms with Crippen molar-refractivity contribution in [1.82, 2.24) is 15.0 Å². The number of hydrogen-bond acceptors (Lipinski definition) is 5. The predicted molar refractivity (Wildman–Crippen MR) is 83.0 cm³/mol. The minimum atomic E-state index is -0.473. The third-order valence-corrected chi connectivity index (χ3v) is 3.19. The first-order valence-electron chi connectivity index (χ1n) is 6.78.